The van der Waals surface area contributed by atoms with Crippen LogP contribution in [0.3, 0.4) is 0 Å². The maximum Gasteiger partial charge on any atom is 0.277 e. The maximum absolute atomic E-state index is 13.6. The summed E-state index contributed by atoms with van der Waals surface area (Å²) in [5.74, 6) is -0.197. The number of aromatic nitrogens is 2. The predicted octanol–water partition coefficient (Wildman–Crippen LogP) is 2.82. The Bertz CT molecular complexity index is 1230. The summed E-state index contributed by atoms with van der Waals surface area (Å²) in [7, 11) is -3.64. The number of piperidine rings is 1. The molecule has 0 aliphatic carbocycles. The molecule has 1 saturated heterocycles. The second-order valence-corrected chi connectivity index (χ2v) is 9.95. The second-order valence-electron chi connectivity index (χ2n) is 8.06. The molecule has 1 fully saturated rings. The molecule has 0 spiro atoms. The fourth-order valence-electron chi connectivity index (χ4n) is 4.20. The monoisotopic (exact) mass is 469 g/mol. The second kappa shape index (κ2) is 9.82. The van der Waals surface area contributed by atoms with Crippen LogP contribution in [0.2, 0.25) is 0 Å². The van der Waals surface area contributed by atoms with Crippen LogP contribution in [0.25, 0.3) is 10.8 Å². The van der Waals surface area contributed by atoms with E-state index in [0.29, 0.717) is 43.3 Å². The molecule has 2 aromatic carbocycles. The van der Waals surface area contributed by atoms with Crippen molar-refractivity contribution in [1.29, 1.82) is 0 Å². The van der Waals surface area contributed by atoms with E-state index in [2.05, 4.69) is 9.97 Å². The highest BCUT2D eigenvalue weighted by atomic mass is 32.2. The predicted molar refractivity (Wildman–Crippen MR) is 125 cm³/mol. The molecule has 10 heteroatoms. The number of carbonyl (C=O) groups excluding carboxylic acids is 1. The minimum absolute atomic E-state index is 0.114. The number of nitrogens with one attached hydrogen (secondary N) is 1. The van der Waals surface area contributed by atoms with Gasteiger partial charge in [0.15, 0.2) is 0 Å². The lowest BCUT2D eigenvalue weighted by atomic mass is 10.1. The third-order valence-corrected chi connectivity index (χ3v) is 7.88. The van der Waals surface area contributed by atoms with Gasteiger partial charge in [0.05, 0.1) is 10.5 Å². The van der Waals surface area contributed by atoms with E-state index in [1.54, 1.807) is 21.9 Å². The van der Waals surface area contributed by atoms with Gasteiger partial charge in [0.1, 0.15) is 0 Å². The molecule has 1 amide bonds. The summed E-state index contributed by atoms with van der Waals surface area (Å²) in [6.45, 7) is 3.64. The zero-order chi connectivity index (χ0) is 23.4. The smallest absolute Gasteiger partial charge is 0.277 e. The van der Waals surface area contributed by atoms with Crippen molar-refractivity contribution in [2.24, 2.45) is 0 Å². The molecule has 2 N–H and O–H groups in total. The van der Waals surface area contributed by atoms with Crippen molar-refractivity contribution >= 4 is 32.7 Å². The summed E-state index contributed by atoms with van der Waals surface area (Å²) in [6.07, 6.45) is 4.73. The van der Waals surface area contributed by atoms with Gasteiger partial charge in [0.2, 0.25) is 16.0 Å². The van der Waals surface area contributed by atoms with Gasteiger partial charge in [-0.05, 0) is 42.2 Å². The van der Waals surface area contributed by atoms with Crippen molar-refractivity contribution in [3.8, 4) is 0 Å². The number of nitrogens with zero attached hydrogens (tertiary/aromatic N) is 4. The molecule has 0 saturated carbocycles. The van der Waals surface area contributed by atoms with Gasteiger partial charge in [-0.3, -0.25) is 10.0 Å². The lowest BCUT2D eigenvalue weighted by molar-refractivity contribution is 0.0705. The van der Waals surface area contributed by atoms with E-state index in [9.17, 15) is 13.2 Å². The standard InChI is InChI=1S/C23H27N5O4S/c1-2-11-28(33(31,32)21-8-7-17-5-3-4-6-18(17)14-21)20-9-12-27(13-10-20)23-24-15-19(16-25-23)22(29)26-30/h3-8,14-16,20,30H,2,9-13H2,1H3,(H,26,29). The van der Waals surface area contributed by atoms with E-state index in [1.807, 2.05) is 42.2 Å². The number of hydrogen-bond donors (Lipinski definition) is 2. The molecular formula is C23H27N5O4S. The zero-order valence-electron chi connectivity index (χ0n) is 18.4. The summed E-state index contributed by atoms with van der Waals surface area (Å²) in [6, 6.07) is 12.9. The molecule has 3 aromatic rings. The molecule has 1 aliphatic heterocycles. The molecule has 1 aromatic heterocycles. The molecule has 2 heterocycles. The SMILES string of the molecule is CCCN(C1CCN(c2ncc(C(=O)NO)cn2)CC1)S(=O)(=O)c1ccc2ccccc2c1. The van der Waals surface area contributed by atoms with Crippen LogP contribution in [0, 0.1) is 0 Å². The molecule has 0 radical (unpaired) electrons. The van der Waals surface area contributed by atoms with Crippen molar-refractivity contribution in [3.05, 3.63) is 60.4 Å². The van der Waals surface area contributed by atoms with Crippen molar-refractivity contribution in [3.63, 3.8) is 0 Å². The number of anilines is 1. The number of benzene rings is 2. The van der Waals surface area contributed by atoms with Gasteiger partial charge in [0, 0.05) is 38.1 Å². The van der Waals surface area contributed by atoms with Gasteiger partial charge >= 0.3 is 0 Å². The first-order chi connectivity index (χ1) is 15.9. The minimum Gasteiger partial charge on any atom is -0.341 e. The van der Waals surface area contributed by atoms with E-state index in [0.717, 1.165) is 17.2 Å². The number of hydrogen-bond acceptors (Lipinski definition) is 7. The van der Waals surface area contributed by atoms with E-state index in [1.165, 1.54) is 12.4 Å². The molecule has 0 atom stereocenters. The van der Waals surface area contributed by atoms with Crippen LogP contribution < -0.4 is 10.4 Å². The number of rotatable bonds is 7. The number of carbonyl (C=O) groups is 1. The molecule has 0 unspecified atom stereocenters. The maximum atomic E-state index is 13.6. The Labute approximate surface area is 193 Å². The fourth-order valence-corrected chi connectivity index (χ4v) is 6.02. The third-order valence-electron chi connectivity index (χ3n) is 5.93. The molecule has 4 rings (SSSR count). The summed E-state index contributed by atoms with van der Waals surface area (Å²) in [5, 5.41) is 10.6. The number of hydroxylamine groups is 1. The number of fused-ring (bicyclic) bond motifs is 1. The van der Waals surface area contributed by atoms with Gasteiger partial charge in [-0.15, -0.1) is 0 Å². The summed E-state index contributed by atoms with van der Waals surface area (Å²) >= 11 is 0. The fraction of sp³-hybridized carbons (Fsp3) is 0.348. The first-order valence-electron chi connectivity index (χ1n) is 11.0. The Balaban J connectivity index is 1.50. The van der Waals surface area contributed by atoms with E-state index in [-0.39, 0.29) is 11.6 Å². The minimum atomic E-state index is -3.64. The third kappa shape index (κ3) is 4.82. The number of amides is 1. The molecular weight excluding hydrogens is 442 g/mol. The Morgan fingerprint density at radius 2 is 1.79 bits per heavy atom. The Morgan fingerprint density at radius 1 is 1.12 bits per heavy atom. The van der Waals surface area contributed by atoms with Crippen molar-refractivity contribution in [1.82, 2.24) is 19.8 Å². The van der Waals surface area contributed by atoms with Crippen LogP contribution in [0.4, 0.5) is 5.95 Å². The van der Waals surface area contributed by atoms with Crippen LogP contribution >= 0.6 is 0 Å². The highest BCUT2D eigenvalue weighted by Crippen LogP contribution is 2.28. The molecule has 1 aliphatic rings. The van der Waals surface area contributed by atoms with Crippen LogP contribution in [0.5, 0.6) is 0 Å². The van der Waals surface area contributed by atoms with Gasteiger partial charge in [-0.2, -0.15) is 4.31 Å². The van der Waals surface area contributed by atoms with E-state index >= 15 is 0 Å². The largest absolute Gasteiger partial charge is 0.341 e. The lowest BCUT2D eigenvalue weighted by Gasteiger charge is -2.37. The van der Waals surface area contributed by atoms with Crippen molar-refractivity contribution in [2.45, 2.75) is 37.1 Å². The Kier molecular flexibility index (Phi) is 6.87. The van der Waals surface area contributed by atoms with Crippen LogP contribution in [-0.2, 0) is 10.0 Å². The van der Waals surface area contributed by atoms with E-state index in [4.69, 9.17) is 5.21 Å². The van der Waals surface area contributed by atoms with Gasteiger partial charge in [-0.25, -0.2) is 23.9 Å². The van der Waals surface area contributed by atoms with Crippen LogP contribution in [-0.4, -0.2) is 59.5 Å². The Morgan fingerprint density at radius 3 is 2.42 bits per heavy atom. The van der Waals surface area contributed by atoms with E-state index < -0.39 is 15.9 Å². The summed E-state index contributed by atoms with van der Waals surface area (Å²) in [5.41, 5.74) is 1.71. The summed E-state index contributed by atoms with van der Waals surface area (Å²) in [4.78, 5) is 22.2. The Hall–Kier alpha value is -3.08. The average molecular weight is 470 g/mol. The van der Waals surface area contributed by atoms with Crippen molar-refractivity contribution < 1.29 is 18.4 Å². The zero-order valence-corrected chi connectivity index (χ0v) is 19.2. The first-order valence-corrected chi connectivity index (χ1v) is 12.4. The van der Waals surface area contributed by atoms with Gasteiger partial charge in [0.25, 0.3) is 5.91 Å². The molecule has 174 valence electrons. The topological polar surface area (TPSA) is 116 Å². The summed E-state index contributed by atoms with van der Waals surface area (Å²) < 4.78 is 28.8. The quantitative estimate of drug-likeness (QED) is 0.404. The van der Waals surface area contributed by atoms with Crippen LogP contribution in [0.15, 0.2) is 59.8 Å². The first kappa shape index (κ1) is 23.1. The highest BCUT2D eigenvalue weighted by Gasteiger charge is 2.33. The molecule has 0 bridgehead atoms. The normalized spacial score (nSPS) is 15.2. The average Bonchev–Trinajstić information content (AvgIpc) is 2.86. The molecule has 9 nitrogen and oxygen atoms in total. The molecule has 33 heavy (non-hydrogen) atoms. The van der Waals surface area contributed by atoms with Gasteiger partial charge in [-0.1, -0.05) is 37.3 Å². The van der Waals surface area contributed by atoms with Crippen molar-refractivity contribution in [2.75, 3.05) is 24.5 Å². The van der Waals surface area contributed by atoms with Gasteiger partial charge < -0.3 is 4.90 Å². The number of sulfonamides is 1. The van der Waals surface area contributed by atoms with Crippen LogP contribution in [0.1, 0.15) is 36.5 Å². The lowest BCUT2D eigenvalue weighted by Crippen LogP contribution is -2.48. The highest BCUT2D eigenvalue weighted by molar-refractivity contribution is 7.89.